The summed E-state index contributed by atoms with van der Waals surface area (Å²) in [6, 6.07) is 8.73. The van der Waals surface area contributed by atoms with Gasteiger partial charge in [-0.2, -0.15) is 0 Å². The maximum atomic E-state index is 11.2. The molecule has 0 fully saturated rings. The molecule has 1 heterocycles. The average Bonchev–Trinajstić information content (AvgIpc) is 2.34. The SMILES string of the molecule is Cc1ccc(O)c(CNc2ccc(=O)n(C)c2)c1. The molecule has 4 heteroatoms. The number of pyridine rings is 1. The number of rotatable bonds is 3. The Morgan fingerprint density at radius 3 is 2.78 bits per heavy atom. The molecule has 0 bridgehead atoms. The van der Waals surface area contributed by atoms with Crippen molar-refractivity contribution in [2.75, 3.05) is 5.32 Å². The summed E-state index contributed by atoms with van der Waals surface area (Å²) in [5.41, 5.74) is 2.74. The van der Waals surface area contributed by atoms with Gasteiger partial charge < -0.3 is 15.0 Å². The lowest BCUT2D eigenvalue weighted by Crippen LogP contribution is -2.15. The van der Waals surface area contributed by atoms with Crippen molar-refractivity contribution in [3.8, 4) is 5.75 Å². The summed E-state index contributed by atoms with van der Waals surface area (Å²) in [4.78, 5) is 11.2. The molecule has 2 rings (SSSR count). The number of hydrogen-bond donors (Lipinski definition) is 2. The van der Waals surface area contributed by atoms with Crippen LogP contribution >= 0.6 is 0 Å². The van der Waals surface area contributed by atoms with Gasteiger partial charge in [-0.1, -0.05) is 17.7 Å². The Hall–Kier alpha value is -2.23. The number of phenolic OH excluding ortho intramolecular Hbond substituents is 1. The molecule has 18 heavy (non-hydrogen) atoms. The second-order valence-corrected chi connectivity index (χ2v) is 4.35. The van der Waals surface area contributed by atoms with Crippen molar-refractivity contribution in [1.82, 2.24) is 4.57 Å². The van der Waals surface area contributed by atoms with Crippen LogP contribution in [0.5, 0.6) is 5.75 Å². The second-order valence-electron chi connectivity index (χ2n) is 4.35. The standard InChI is InChI=1S/C14H16N2O2/c1-10-3-5-13(17)11(7-10)8-15-12-4-6-14(18)16(2)9-12/h3-7,9,15,17H,8H2,1-2H3. The summed E-state index contributed by atoms with van der Waals surface area (Å²) in [7, 11) is 1.71. The van der Waals surface area contributed by atoms with E-state index >= 15 is 0 Å². The van der Waals surface area contributed by atoms with Crippen molar-refractivity contribution >= 4 is 5.69 Å². The molecule has 0 saturated heterocycles. The van der Waals surface area contributed by atoms with Crippen molar-refractivity contribution in [3.05, 3.63) is 58.0 Å². The van der Waals surface area contributed by atoms with Crippen LogP contribution in [-0.4, -0.2) is 9.67 Å². The Balaban J connectivity index is 2.13. The molecule has 0 aliphatic carbocycles. The molecule has 1 aromatic heterocycles. The quantitative estimate of drug-likeness (QED) is 0.868. The van der Waals surface area contributed by atoms with Gasteiger partial charge in [0.25, 0.3) is 0 Å². The van der Waals surface area contributed by atoms with E-state index in [4.69, 9.17) is 0 Å². The normalized spacial score (nSPS) is 10.3. The lowest BCUT2D eigenvalue weighted by molar-refractivity contribution is 0.469. The zero-order valence-electron chi connectivity index (χ0n) is 10.5. The van der Waals surface area contributed by atoms with Gasteiger partial charge in [-0.05, 0) is 19.1 Å². The van der Waals surface area contributed by atoms with Crippen molar-refractivity contribution < 1.29 is 5.11 Å². The first kappa shape index (κ1) is 12.2. The zero-order valence-corrected chi connectivity index (χ0v) is 10.5. The van der Waals surface area contributed by atoms with E-state index in [1.807, 2.05) is 19.1 Å². The largest absolute Gasteiger partial charge is 0.508 e. The van der Waals surface area contributed by atoms with Gasteiger partial charge in [0.15, 0.2) is 0 Å². The molecule has 1 aromatic carbocycles. The molecule has 0 aliphatic heterocycles. The highest BCUT2D eigenvalue weighted by Crippen LogP contribution is 2.19. The van der Waals surface area contributed by atoms with E-state index in [0.29, 0.717) is 6.54 Å². The smallest absolute Gasteiger partial charge is 0.250 e. The van der Waals surface area contributed by atoms with Gasteiger partial charge >= 0.3 is 0 Å². The molecule has 0 atom stereocenters. The van der Waals surface area contributed by atoms with Crippen LogP contribution in [0.3, 0.4) is 0 Å². The Morgan fingerprint density at radius 1 is 1.28 bits per heavy atom. The molecule has 0 spiro atoms. The predicted octanol–water partition coefficient (Wildman–Crippen LogP) is 2.01. The number of aromatic hydroxyl groups is 1. The average molecular weight is 244 g/mol. The summed E-state index contributed by atoms with van der Waals surface area (Å²) < 4.78 is 1.51. The van der Waals surface area contributed by atoms with Crippen molar-refractivity contribution in [2.45, 2.75) is 13.5 Å². The fraction of sp³-hybridized carbons (Fsp3) is 0.214. The van der Waals surface area contributed by atoms with Gasteiger partial charge in [0.1, 0.15) is 5.75 Å². The first-order valence-electron chi connectivity index (χ1n) is 5.75. The number of anilines is 1. The lowest BCUT2D eigenvalue weighted by Gasteiger charge is -2.09. The topological polar surface area (TPSA) is 54.3 Å². The van der Waals surface area contributed by atoms with E-state index in [1.165, 1.54) is 10.6 Å². The maximum Gasteiger partial charge on any atom is 0.250 e. The summed E-state index contributed by atoms with van der Waals surface area (Å²) in [6.45, 7) is 2.50. The van der Waals surface area contributed by atoms with E-state index in [-0.39, 0.29) is 11.3 Å². The van der Waals surface area contributed by atoms with Crippen LogP contribution < -0.4 is 10.9 Å². The summed E-state index contributed by atoms with van der Waals surface area (Å²) in [5.74, 6) is 0.276. The van der Waals surface area contributed by atoms with E-state index in [1.54, 1.807) is 25.4 Å². The molecule has 94 valence electrons. The Bertz CT molecular complexity index is 617. The van der Waals surface area contributed by atoms with Crippen LogP contribution in [0.1, 0.15) is 11.1 Å². The monoisotopic (exact) mass is 244 g/mol. The number of aryl methyl sites for hydroxylation is 2. The van der Waals surface area contributed by atoms with Crippen LogP contribution in [0.2, 0.25) is 0 Å². The van der Waals surface area contributed by atoms with Gasteiger partial charge in [-0.3, -0.25) is 4.79 Å². The molecule has 0 saturated carbocycles. The summed E-state index contributed by atoms with van der Waals surface area (Å²) in [6.07, 6.45) is 1.73. The second kappa shape index (κ2) is 4.96. The number of hydrogen-bond acceptors (Lipinski definition) is 3. The van der Waals surface area contributed by atoms with Crippen molar-refractivity contribution in [1.29, 1.82) is 0 Å². The number of benzene rings is 1. The summed E-state index contributed by atoms with van der Waals surface area (Å²) >= 11 is 0. The minimum atomic E-state index is -0.0426. The molecule has 0 aliphatic rings. The fourth-order valence-electron chi connectivity index (χ4n) is 1.75. The van der Waals surface area contributed by atoms with Crippen LogP contribution in [0.4, 0.5) is 5.69 Å². The highest BCUT2D eigenvalue weighted by atomic mass is 16.3. The molecular formula is C14H16N2O2. The minimum Gasteiger partial charge on any atom is -0.508 e. The fourth-order valence-corrected chi connectivity index (χ4v) is 1.75. The van der Waals surface area contributed by atoms with Crippen LogP contribution in [0, 0.1) is 6.92 Å². The van der Waals surface area contributed by atoms with Crippen LogP contribution in [0.25, 0.3) is 0 Å². The van der Waals surface area contributed by atoms with Crippen molar-refractivity contribution in [2.24, 2.45) is 7.05 Å². The lowest BCUT2D eigenvalue weighted by atomic mass is 10.1. The van der Waals surface area contributed by atoms with E-state index in [9.17, 15) is 9.90 Å². The zero-order chi connectivity index (χ0) is 13.1. The first-order chi connectivity index (χ1) is 8.56. The molecular weight excluding hydrogens is 228 g/mol. The number of nitrogens with one attached hydrogen (secondary N) is 1. The summed E-state index contributed by atoms with van der Waals surface area (Å²) in [5, 5.41) is 12.9. The maximum absolute atomic E-state index is 11.2. The molecule has 2 aromatic rings. The van der Waals surface area contributed by atoms with Gasteiger partial charge in [0.05, 0.1) is 5.69 Å². The number of aromatic nitrogens is 1. The van der Waals surface area contributed by atoms with Crippen molar-refractivity contribution in [3.63, 3.8) is 0 Å². The van der Waals surface area contributed by atoms with Gasteiger partial charge in [0, 0.05) is 31.4 Å². The number of phenols is 1. The van der Waals surface area contributed by atoms with Gasteiger partial charge in [-0.15, -0.1) is 0 Å². The molecule has 0 unspecified atom stereocenters. The highest BCUT2D eigenvalue weighted by molar-refractivity contribution is 5.44. The minimum absolute atomic E-state index is 0.0426. The third-order valence-corrected chi connectivity index (χ3v) is 2.80. The van der Waals surface area contributed by atoms with E-state index in [0.717, 1.165) is 16.8 Å². The third kappa shape index (κ3) is 2.71. The third-order valence-electron chi connectivity index (χ3n) is 2.80. The van der Waals surface area contributed by atoms with E-state index < -0.39 is 0 Å². The predicted molar refractivity (Wildman–Crippen MR) is 71.9 cm³/mol. The molecule has 4 nitrogen and oxygen atoms in total. The number of nitrogens with zero attached hydrogens (tertiary/aromatic N) is 1. The molecule has 0 radical (unpaired) electrons. The highest BCUT2D eigenvalue weighted by Gasteiger charge is 2.01. The van der Waals surface area contributed by atoms with Gasteiger partial charge in [-0.25, -0.2) is 0 Å². The van der Waals surface area contributed by atoms with Crippen LogP contribution in [-0.2, 0) is 13.6 Å². The van der Waals surface area contributed by atoms with Crippen LogP contribution in [0.15, 0.2) is 41.3 Å². The Morgan fingerprint density at radius 2 is 2.06 bits per heavy atom. The first-order valence-corrected chi connectivity index (χ1v) is 5.75. The Labute approximate surface area is 106 Å². The Kier molecular flexibility index (Phi) is 3.37. The van der Waals surface area contributed by atoms with E-state index in [2.05, 4.69) is 5.32 Å². The molecule has 2 N–H and O–H groups in total. The van der Waals surface area contributed by atoms with Gasteiger partial charge in [0.2, 0.25) is 5.56 Å². The molecule has 0 amide bonds.